The van der Waals surface area contributed by atoms with Gasteiger partial charge in [-0.3, -0.25) is 14.9 Å². The second-order valence-electron chi connectivity index (χ2n) is 5.86. The third kappa shape index (κ3) is 3.73. The molecular weight excluding hydrogens is 358 g/mol. The molecule has 26 heavy (non-hydrogen) atoms. The number of fused-ring (bicyclic) bond motifs is 1. The fourth-order valence-electron chi connectivity index (χ4n) is 2.89. The van der Waals surface area contributed by atoms with Crippen molar-refractivity contribution in [1.29, 1.82) is 0 Å². The van der Waals surface area contributed by atoms with E-state index in [1.165, 1.54) is 18.2 Å². The van der Waals surface area contributed by atoms with Crippen LogP contribution in [0.4, 0.5) is 11.4 Å². The van der Waals surface area contributed by atoms with E-state index in [1.54, 1.807) is 4.90 Å². The van der Waals surface area contributed by atoms with E-state index in [-0.39, 0.29) is 16.5 Å². The fourth-order valence-corrected chi connectivity index (χ4v) is 3.91. The van der Waals surface area contributed by atoms with Crippen LogP contribution in [0.25, 0.3) is 0 Å². The lowest BCUT2D eigenvalue weighted by Crippen LogP contribution is -2.42. The van der Waals surface area contributed by atoms with Gasteiger partial charge < -0.3 is 4.90 Å². The van der Waals surface area contributed by atoms with Gasteiger partial charge in [0.1, 0.15) is 0 Å². The molecule has 136 valence electrons. The SMILES string of the molecule is O=C(CNS(=O)(=O)c1cccc([N+](=O)[O-])c1)N1CCCc2ccccc21. The summed E-state index contributed by atoms with van der Waals surface area (Å²) in [6.45, 7) is 0.105. The minimum atomic E-state index is -4.03. The van der Waals surface area contributed by atoms with Gasteiger partial charge in [-0.25, -0.2) is 13.1 Å². The van der Waals surface area contributed by atoms with Crippen molar-refractivity contribution in [3.8, 4) is 0 Å². The lowest BCUT2D eigenvalue weighted by molar-refractivity contribution is -0.385. The van der Waals surface area contributed by atoms with Crippen molar-refractivity contribution < 1.29 is 18.1 Å². The number of amides is 1. The number of carbonyl (C=O) groups is 1. The van der Waals surface area contributed by atoms with Gasteiger partial charge in [0.05, 0.1) is 16.4 Å². The Bertz CT molecular complexity index is 958. The van der Waals surface area contributed by atoms with E-state index in [1.807, 2.05) is 24.3 Å². The minimum Gasteiger partial charge on any atom is -0.311 e. The molecule has 9 heteroatoms. The fraction of sp³-hybridized carbons (Fsp3) is 0.235. The molecule has 1 aliphatic rings. The highest BCUT2D eigenvalue weighted by atomic mass is 32.2. The highest BCUT2D eigenvalue weighted by Gasteiger charge is 2.24. The van der Waals surface area contributed by atoms with Crippen LogP contribution in [0.3, 0.4) is 0 Å². The van der Waals surface area contributed by atoms with Crippen LogP contribution in [0.2, 0.25) is 0 Å². The number of nitrogens with zero attached hydrogens (tertiary/aromatic N) is 2. The first-order valence-electron chi connectivity index (χ1n) is 8.01. The molecular formula is C17H17N3O5S. The first-order valence-corrected chi connectivity index (χ1v) is 9.49. The summed E-state index contributed by atoms with van der Waals surface area (Å²) in [5, 5.41) is 10.8. The summed E-state index contributed by atoms with van der Waals surface area (Å²) in [4.78, 5) is 23.9. The quantitative estimate of drug-likeness (QED) is 0.633. The van der Waals surface area contributed by atoms with Gasteiger partial charge in [-0.15, -0.1) is 0 Å². The molecule has 1 heterocycles. The lowest BCUT2D eigenvalue weighted by atomic mass is 10.0. The average molecular weight is 375 g/mol. The molecule has 8 nitrogen and oxygen atoms in total. The molecule has 2 aromatic rings. The summed E-state index contributed by atoms with van der Waals surface area (Å²) >= 11 is 0. The van der Waals surface area contributed by atoms with Gasteiger partial charge in [0, 0.05) is 24.4 Å². The molecule has 0 saturated heterocycles. The van der Waals surface area contributed by atoms with Crippen molar-refractivity contribution in [3.05, 3.63) is 64.2 Å². The smallest absolute Gasteiger partial charge is 0.270 e. The van der Waals surface area contributed by atoms with Crippen LogP contribution in [-0.4, -0.2) is 32.3 Å². The van der Waals surface area contributed by atoms with Crippen molar-refractivity contribution in [2.45, 2.75) is 17.7 Å². The number of nitro benzene ring substituents is 1. The van der Waals surface area contributed by atoms with Gasteiger partial charge in [0.15, 0.2) is 0 Å². The second kappa shape index (κ2) is 7.22. The Hall–Kier alpha value is -2.78. The maximum atomic E-state index is 12.5. The molecule has 0 radical (unpaired) electrons. The van der Waals surface area contributed by atoms with Gasteiger partial charge in [-0.05, 0) is 30.5 Å². The molecule has 0 aliphatic carbocycles. The second-order valence-corrected chi connectivity index (χ2v) is 7.62. The summed E-state index contributed by atoms with van der Waals surface area (Å²) in [7, 11) is -4.03. The number of aryl methyl sites for hydroxylation is 1. The number of benzene rings is 2. The van der Waals surface area contributed by atoms with Crippen LogP contribution in [0, 0.1) is 10.1 Å². The van der Waals surface area contributed by atoms with Gasteiger partial charge in [-0.2, -0.15) is 0 Å². The number of rotatable bonds is 5. The summed E-state index contributed by atoms with van der Waals surface area (Å²) in [6.07, 6.45) is 1.68. The molecule has 0 atom stereocenters. The first kappa shape index (κ1) is 18.0. The van der Waals surface area contributed by atoms with Gasteiger partial charge >= 0.3 is 0 Å². The number of non-ortho nitro benzene ring substituents is 1. The Balaban J connectivity index is 1.73. The Labute approximate surface area is 150 Å². The number of nitrogens with one attached hydrogen (secondary N) is 1. The van der Waals surface area contributed by atoms with Crippen LogP contribution < -0.4 is 9.62 Å². The normalized spacial score (nSPS) is 13.9. The van der Waals surface area contributed by atoms with Crippen LogP contribution in [0.15, 0.2) is 53.4 Å². The number of para-hydroxylation sites is 1. The highest BCUT2D eigenvalue weighted by molar-refractivity contribution is 7.89. The van der Waals surface area contributed by atoms with Crippen molar-refractivity contribution >= 4 is 27.3 Å². The van der Waals surface area contributed by atoms with Gasteiger partial charge in [0.2, 0.25) is 15.9 Å². The molecule has 0 unspecified atom stereocenters. The molecule has 0 fully saturated rings. The molecule has 0 aromatic heterocycles. The maximum absolute atomic E-state index is 12.5. The Kier molecular flexibility index (Phi) is 5.01. The molecule has 0 bridgehead atoms. The minimum absolute atomic E-state index is 0.251. The first-order chi connectivity index (χ1) is 12.4. The van der Waals surface area contributed by atoms with E-state index in [4.69, 9.17) is 0 Å². The number of hydrogen-bond donors (Lipinski definition) is 1. The zero-order valence-electron chi connectivity index (χ0n) is 13.8. The lowest BCUT2D eigenvalue weighted by Gasteiger charge is -2.29. The monoisotopic (exact) mass is 375 g/mol. The van der Waals surface area contributed by atoms with Crippen LogP contribution in [0.1, 0.15) is 12.0 Å². The van der Waals surface area contributed by atoms with E-state index in [0.717, 1.165) is 30.2 Å². The molecule has 1 N–H and O–H groups in total. The Morgan fingerprint density at radius 3 is 2.73 bits per heavy atom. The predicted molar refractivity (Wildman–Crippen MR) is 95.4 cm³/mol. The number of hydrogen-bond acceptors (Lipinski definition) is 5. The summed E-state index contributed by atoms with van der Waals surface area (Å²) in [6, 6.07) is 12.2. The molecule has 1 aliphatic heterocycles. The zero-order chi connectivity index (χ0) is 18.7. The summed E-state index contributed by atoms with van der Waals surface area (Å²) < 4.78 is 26.9. The highest BCUT2D eigenvalue weighted by Crippen LogP contribution is 2.26. The van der Waals surface area contributed by atoms with E-state index < -0.39 is 21.5 Å². The zero-order valence-corrected chi connectivity index (χ0v) is 14.6. The standard InChI is InChI=1S/C17H17N3O5S/c21-17(19-10-4-6-13-5-1-2-9-16(13)19)12-18-26(24,25)15-8-3-7-14(11-15)20(22)23/h1-3,5,7-9,11,18H,4,6,10,12H2. The molecule has 2 aromatic carbocycles. The van der Waals surface area contributed by atoms with Crippen LogP contribution in [-0.2, 0) is 21.2 Å². The van der Waals surface area contributed by atoms with Crippen LogP contribution >= 0.6 is 0 Å². The van der Waals surface area contributed by atoms with Gasteiger partial charge in [0.25, 0.3) is 5.69 Å². The maximum Gasteiger partial charge on any atom is 0.270 e. The Morgan fingerprint density at radius 1 is 1.19 bits per heavy atom. The van der Waals surface area contributed by atoms with E-state index in [0.29, 0.717) is 6.54 Å². The summed E-state index contributed by atoms with van der Waals surface area (Å²) in [5.74, 6) is -0.369. The van der Waals surface area contributed by atoms with Crippen molar-refractivity contribution in [2.24, 2.45) is 0 Å². The van der Waals surface area contributed by atoms with E-state index in [9.17, 15) is 23.3 Å². The van der Waals surface area contributed by atoms with Crippen molar-refractivity contribution in [1.82, 2.24) is 4.72 Å². The van der Waals surface area contributed by atoms with Gasteiger partial charge in [-0.1, -0.05) is 24.3 Å². The third-order valence-electron chi connectivity index (χ3n) is 4.16. The van der Waals surface area contributed by atoms with Crippen molar-refractivity contribution in [3.63, 3.8) is 0 Å². The van der Waals surface area contributed by atoms with Crippen molar-refractivity contribution in [2.75, 3.05) is 18.0 Å². The number of nitro groups is 1. The average Bonchev–Trinajstić information content (AvgIpc) is 2.66. The molecule has 3 rings (SSSR count). The summed E-state index contributed by atoms with van der Waals surface area (Å²) in [5.41, 5.74) is 1.51. The Morgan fingerprint density at radius 2 is 1.96 bits per heavy atom. The molecule has 1 amide bonds. The predicted octanol–water partition coefficient (Wildman–Crippen LogP) is 1.85. The molecule has 0 spiro atoms. The largest absolute Gasteiger partial charge is 0.311 e. The number of carbonyl (C=O) groups excluding carboxylic acids is 1. The molecule has 0 saturated carbocycles. The van der Waals surface area contributed by atoms with E-state index in [2.05, 4.69) is 4.72 Å². The third-order valence-corrected chi connectivity index (χ3v) is 5.56. The topological polar surface area (TPSA) is 110 Å². The number of anilines is 1. The van der Waals surface area contributed by atoms with Crippen LogP contribution in [0.5, 0.6) is 0 Å². The van der Waals surface area contributed by atoms with E-state index >= 15 is 0 Å². The number of sulfonamides is 1.